The van der Waals surface area contributed by atoms with Gasteiger partial charge in [0.2, 0.25) is 0 Å². The summed E-state index contributed by atoms with van der Waals surface area (Å²) in [4.78, 5) is 0. The molecular weight excluding hydrogens is 126 g/mol. The first-order valence-electron chi connectivity index (χ1n) is 3.45. The molecule has 0 aliphatic rings. The summed E-state index contributed by atoms with van der Waals surface area (Å²) in [5.74, 6) is 0.420. The lowest BCUT2D eigenvalue weighted by molar-refractivity contribution is 0.343. The van der Waals surface area contributed by atoms with Crippen molar-refractivity contribution < 1.29 is 5.11 Å². The number of nitrogens with two attached hydrogens (primary N) is 1. The van der Waals surface area contributed by atoms with Crippen molar-refractivity contribution in [1.29, 1.82) is 0 Å². The van der Waals surface area contributed by atoms with Gasteiger partial charge >= 0.3 is 0 Å². The van der Waals surface area contributed by atoms with Crippen LogP contribution in [0.25, 0.3) is 0 Å². The first-order chi connectivity index (χ1) is 4.81. The third kappa shape index (κ3) is 5.54. The molecule has 0 aliphatic carbocycles. The van der Waals surface area contributed by atoms with Gasteiger partial charge in [0.1, 0.15) is 0 Å². The summed E-state index contributed by atoms with van der Waals surface area (Å²) in [5.41, 5.74) is 5.36. The average Bonchev–Trinajstić information content (AvgIpc) is 1.98. The number of hydrogen-bond acceptors (Lipinski definition) is 2. The zero-order chi connectivity index (χ0) is 7.82. The third-order valence-electron chi connectivity index (χ3n) is 1.16. The molecule has 0 aromatic heterocycles. The van der Waals surface area contributed by atoms with Crippen LogP contribution < -0.4 is 5.73 Å². The van der Waals surface area contributed by atoms with E-state index in [0.717, 1.165) is 0 Å². The van der Waals surface area contributed by atoms with Crippen LogP contribution in [0.5, 0.6) is 0 Å². The van der Waals surface area contributed by atoms with Crippen LogP contribution in [-0.4, -0.2) is 18.3 Å². The third-order valence-corrected chi connectivity index (χ3v) is 1.16. The number of aliphatic hydroxyl groups excluding tert-OH is 1. The molecule has 0 spiro atoms. The Morgan fingerprint density at radius 3 is 2.70 bits per heavy atom. The molecule has 0 saturated heterocycles. The second-order valence-electron chi connectivity index (χ2n) is 2.21. The van der Waals surface area contributed by atoms with Gasteiger partial charge in [-0.05, 0) is 12.5 Å². The highest BCUT2D eigenvalue weighted by Crippen LogP contribution is 1.92. The Bertz CT molecular complexity index is 118. The molecule has 58 valence electrons. The molecule has 2 nitrogen and oxygen atoms in total. The lowest BCUT2D eigenvalue weighted by atomic mass is 10.2. The monoisotopic (exact) mass is 141 g/mol. The van der Waals surface area contributed by atoms with Crippen molar-refractivity contribution >= 4 is 0 Å². The first-order valence-corrected chi connectivity index (χ1v) is 3.45. The molecule has 10 heavy (non-hydrogen) atoms. The van der Waals surface area contributed by atoms with E-state index in [0.29, 0.717) is 12.5 Å². The van der Waals surface area contributed by atoms with Crippen LogP contribution in [0.15, 0.2) is 24.3 Å². The molecule has 0 bridgehead atoms. The summed E-state index contributed by atoms with van der Waals surface area (Å²) >= 11 is 0. The van der Waals surface area contributed by atoms with Gasteiger partial charge in [-0.25, -0.2) is 0 Å². The van der Waals surface area contributed by atoms with Crippen LogP contribution in [0.4, 0.5) is 0 Å². The van der Waals surface area contributed by atoms with Crippen molar-refractivity contribution in [3.63, 3.8) is 0 Å². The van der Waals surface area contributed by atoms with Gasteiger partial charge in [-0.2, -0.15) is 0 Å². The van der Waals surface area contributed by atoms with Crippen molar-refractivity contribution in [3.8, 4) is 0 Å². The number of rotatable bonds is 4. The molecular formula is C8H15NO. The van der Waals surface area contributed by atoms with Crippen LogP contribution in [-0.2, 0) is 0 Å². The molecule has 2 heteroatoms. The van der Waals surface area contributed by atoms with Crippen molar-refractivity contribution in [2.75, 3.05) is 13.2 Å². The van der Waals surface area contributed by atoms with Crippen LogP contribution in [0.1, 0.15) is 6.92 Å². The van der Waals surface area contributed by atoms with Gasteiger partial charge in [0.25, 0.3) is 0 Å². The Balaban J connectivity index is 3.44. The second kappa shape index (κ2) is 6.52. The molecule has 0 amide bonds. The first kappa shape index (κ1) is 9.40. The van der Waals surface area contributed by atoms with Crippen LogP contribution in [0.3, 0.4) is 0 Å². The highest BCUT2D eigenvalue weighted by atomic mass is 16.2. The Hall–Kier alpha value is -0.600. The number of hydrogen-bond donors (Lipinski definition) is 2. The zero-order valence-corrected chi connectivity index (χ0v) is 6.33. The van der Waals surface area contributed by atoms with E-state index < -0.39 is 0 Å². The lowest BCUT2D eigenvalue weighted by Gasteiger charge is -1.96. The van der Waals surface area contributed by atoms with E-state index in [2.05, 4.69) is 0 Å². The van der Waals surface area contributed by atoms with Gasteiger partial charge in [-0.3, -0.25) is 0 Å². The normalized spacial score (nSPS) is 15.1. The van der Waals surface area contributed by atoms with Crippen LogP contribution in [0.2, 0.25) is 0 Å². The fourth-order valence-corrected chi connectivity index (χ4v) is 0.472. The largest absolute Gasteiger partial charge is 0.392 e. The molecule has 0 aromatic rings. The van der Waals surface area contributed by atoms with Gasteiger partial charge in [0.15, 0.2) is 0 Å². The summed E-state index contributed by atoms with van der Waals surface area (Å²) in [7, 11) is 0. The topological polar surface area (TPSA) is 46.2 Å². The Morgan fingerprint density at radius 2 is 2.20 bits per heavy atom. The SMILES string of the molecule is CC(/C=C/C=C/CO)CN. The smallest absolute Gasteiger partial charge is 0.0615 e. The van der Waals surface area contributed by atoms with Gasteiger partial charge in [-0.15, -0.1) is 0 Å². The maximum absolute atomic E-state index is 8.34. The van der Waals surface area contributed by atoms with Crippen LogP contribution in [0, 0.1) is 5.92 Å². The highest BCUT2D eigenvalue weighted by molar-refractivity contribution is 5.03. The van der Waals surface area contributed by atoms with E-state index in [1.54, 1.807) is 6.08 Å². The van der Waals surface area contributed by atoms with Gasteiger partial charge in [-0.1, -0.05) is 31.2 Å². The summed E-state index contributed by atoms with van der Waals surface area (Å²) in [6.07, 6.45) is 7.39. The summed E-state index contributed by atoms with van der Waals surface area (Å²) in [6.45, 7) is 2.81. The van der Waals surface area contributed by atoms with Gasteiger partial charge < -0.3 is 10.8 Å². The maximum Gasteiger partial charge on any atom is 0.0615 e. The Labute approximate surface area is 62.0 Å². The Morgan fingerprint density at radius 1 is 1.50 bits per heavy atom. The predicted octanol–water partition coefficient (Wildman–Crippen LogP) is 0.686. The van der Waals surface area contributed by atoms with Crippen molar-refractivity contribution in [1.82, 2.24) is 0 Å². The molecule has 0 aromatic carbocycles. The maximum atomic E-state index is 8.34. The van der Waals surface area contributed by atoms with Crippen molar-refractivity contribution in [2.45, 2.75) is 6.92 Å². The second-order valence-corrected chi connectivity index (χ2v) is 2.21. The minimum absolute atomic E-state index is 0.0986. The van der Waals surface area contributed by atoms with E-state index in [1.807, 2.05) is 25.2 Å². The van der Waals surface area contributed by atoms with E-state index in [9.17, 15) is 0 Å². The van der Waals surface area contributed by atoms with Crippen LogP contribution >= 0.6 is 0 Å². The van der Waals surface area contributed by atoms with E-state index >= 15 is 0 Å². The Kier molecular flexibility index (Phi) is 6.13. The molecule has 1 unspecified atom stereocenters. The average molecular weight is 141 g/mol. The van der Waals surface area contributed by atoms with E-state index in [-0.39, 0.29) is 6.61 Å². The molecule has 0 rings (SSSR count). The van der Waals surface area contributed by atoms with E-state index in [1.165, 1.54) is 0 Å². The molecule has 0 fully saturated rings. The quantitative estimate of drug-likeness (QED) is 0.566. The van der Waals surface area contributed by atoms with Gasteiger partial charge in [0, 0.05) is 0 Å². The predicted molar refractivity (Wildman–Crippen MR) is 43.6 cm³/mol. The fourth-order valence-electron chi connectivity index (χ4n) is 0.472. The fraction of sp³-hybridized carbons (Fsp3) is 0.500. The van der Waals surface area contributed by atoms with E-state index in [4.69, 9.17) is 10.8 Å². The molecule has 3 N–H and O–H groups in total. The molecule has 0 aliphatic heterocycles. The highest BCUT2D eigenvalue weighted by Gasteiger charge is 1.87. The lowest BCUT2D eigenvalue weighted by Crippen LogP contribution is -2.07. The minimum atomic E-state index is 0.0986. The number of allylic oxidation sites excluding steroid dienone is 2. The number of aliphatic hydroxyl groups is 1. The molecule has 0 saturated carbocycles. The van der Waals surface area contributed by atoms with Crippen molar-refractivity contribution in [3.05, 3.63) is 24.3 Å². The molecule has 0 heterocycles. The molecule has 0 radical (unpaired) electrons. The van der Waals surface area contributed by atoms with Crippen molar-refractivity contribution in [2.24, 2.45) is 11.7 Å². The standard InChI is InChI=1S/C8H15NO/c1-8(7-9)5-3-2-4-6-10/h2-5,8,10H,6-7,9H2,1H3/b4-2+,5-3+. The zero-order valence-electron chi connectivity index (χ0n) is 6.33. The summed E-state index contributed by atoms with van der Waals surface area (Å²) in [6, 6.07) is 0. The van der Waals surface area contributed by atoms with Gasteiger partial charge in [0.05, 0.1) is 6.61 Å². The summed E-state index contributed by atoms with van der Waals surface area (Å²) < 4.78 is 0. The minimum Gasteiger partial charge on any atom is -0.392 e. The molecule has 1 atom stereocenters. The summed E-state index contributed by atoms with van der Waals surface area (Å²) in [5, 5.41) is 8.34.